The van der Waals surface area contributed by atoms with Gasteiger partial charge >= 0.3 is 0 Å². The molecule has 88 valence electrons. The number of rotatable bonds is 3. The van der Waals surface area contributed by atoms with Crippen LogP contribution in [0.25, 0.3) is 0 Å². The van der Waals surface area contributed by atoms with Crippen molar-refractivity contribution in [2.45, 2.75) is 25.5 Å². The van der Waals surface area contributed by atoms with Gasteiger partial charge in [0, 0.05) is 32.0 Å². The highest BCUT2D eigenvalue weighted by Gasteiger charge is 2.17. The minimum Gasteiger partial charge on any atom is -0.392 e. The molecule has 2 heterocycles. The Morgan fingerprint density at radius 1 is 1.62 bits per heavy atom. The molecule has 0 saturated carbocycles. The molecule has 0 radical (unpaired) electrons. The molecule has 1 saturated heterocycles. The molecule has 0 aromatic carbocycles. The van der Waals surface area contributed by atoms with Crippen molar-refractivity contribution in [1.82, 2.24) is 9.88 Å². The number of aliphatic hydroxyl groups excluding tert-OH is 1. The van der Waals surface area contributed by atoms with E-state index >= 15 is 0 Å². The second-order valence-corrected chi connectivity index (χ2v) is 4.32. The fraction of sp³-hybridized carbons (Fsp3) is 0.583. The van der Waals surface area contributed by atoms with Crippen LogP contribution in [-0.2, 0) is 6.54 Å². The van der Waals surface area contributed by atoms with Crippen molar-refractivity contribution in [2.24, 2.45) is 0 Å². The molecule has 1 unspecified atom stereocenters. The molecule has 1 atom stereocenters. The van der Waals surface area contributed by atoms with Gasteiger partial charge in [0.05, 0.1) is 11.8 Å². The number of nitrogens with one attached hydrogen (secondary N) is 1. The number of nitrogens with zero attached hydrogens (tertiary/aromatic N) is 2. The highest BCUT2D eigenvalue weighted by molar-refractivity contribution is 5.42. The van der Waals surface area contributed by atoms with E-state index in [1.807, 2.05) is 19.3 Å². The third-order valence-electron chi connectivity index (χ3n) is 2.97. The first-order valence-corrected chi connectivity index (χ1v) is 5.81. The molecule has 2 rings (SSSR count). The van der Waals surface area contributed by atoms with Crippen LogP contribution in [0.1, 0.15) is 18.5 Å². The van der Waals surface area contributed by atoms with Gasteiger partial charge in [-0.25, -0.2) is 0 Å². The molecule has 1 aliphatic heterocycles. The fourth-order valence-electron chi connectivity index (χ4n) is 2.12. The van der Waals surface area contributed by atoms with Crippen molar-refractivity contribution >= 4 is 5.69 Å². The summed E-state index contributed by atoms with van der Waals surface area (Å²) in [4.78, 5) is 6.60. The number of anilines is 1. The third kappa shape index (κ3) is 2.93. The monoisotopic (exact) mass is 221 g/mol. The first kappa shape index (κ1) is 11.4. The zero-order valence-electron chi connectivity index (χ0n) is 9.69. The molecule has 0 amide bonds. The maximum Gasteiger partial charge on any atom is 0.0667 e. The summed E-state index contributed by atoms with van der Waals surface area (Å²) in [6.07, 6.45) is 3.66. The van der Waals surface area contributed by atoms with Crippen LogP contribution >= 0.6 is 0 Å². The zero-order valence-corrected chi connectivity index (χ0v) is 9.69. The summed E-state index contributed by atoms with van der Waals surface area (Å²) in [7, 11) is 1.91. The van der Waals surface area contributed by atoms with Crippen LogP contribution in [0.3, 0.4) is 0 Å². The summed E-state index contributed by atoms with van der Waals surface area (Å²) in [6.45, 7) is 2.65. The molecular weight excluding hydrogens is 202 g/mol. The Labute approximate surface area is 96.3 Å². The van der Waals surface area contributed by atoms with E-state index in [2.05, 4.69) is 21.3 Å². The Morgan fingerprint density at radius 2 is 2.50 bits per heavy atom. The maximum atomic E-state index is 9.58. The van der Waals surface area contributed by atoms with E-state index < -0.39 is 0 Å². The molecule has 1 fully saturated rings. The lowest BCUT2D eigenvalue weighted by Crippen LogP contribution is -2.37. The van der Waals surface area contributed by atoms with Crippen molar-refractivity contribution in [3.05, 3.63) is 24.0 Å². The van der Waals surface area contributed by atoms with Gasteiger partial charge in [-0.05, 0) is 31.5 Å². The van der Waals surface area contributed by atoms with Gasteiger partial charge in [-0.1, -0.05) is 0 Å². The Morgan fingerprint density at radius 3 is 3.25 bits per heavy atom. The van der Waals surface area contributed by atoms with E-state index in [4.69, 9.17) is 0 Å². The van der Waals surface area contributed by atoms with E-state index in [9.17, 15) is 5.11 Å². The number of hydrogen-bond donors (Lipinski definition) is 2. The highest BCUT2D eigenvalue weighted by Crippen LogP contribution is 2.14. The molecule has 16 heavy (non-hydrogen) atoms. The molecule has 1 aliphatic rings. The summed E-state index contributed by atoms with van der Waals surface area (Å²) in [5.74, 6) is 0. The summed E-state index contributed by atoms with van der Waals surface area (Å²) in [5.41, 5.74) is 2.14. The molecule has 0 bridgehead atoms. The Kier molecular flexibility index (Phi) is 3.74. The van der Waals surface area contributed by atoms with Gasteiger partial charge in [0.1, 0.15) is 0 Å². The number of aliphatic hydroxyl groups is 1. The largest absolute Gasteiger partial charge is 0.392 e. The number of aromatic nitrogens is 1. The van der Waals surface area contributed by atoms with Gasteiger partial charge < -0.3 is 10.4 Å². The zero-order chi connectivity index (χ0) is 11.4. The Bertz CT molecular complexity index is 343. The third-order valence-corrected chi connectivity index (χ3v) is 2.97. The summed E-state index contributed by atoms with van der Waals surface area (Å²) < 4.78 is 0. The van der Waals surface area contributed by atoms with Crippen molar-refractivity contribution in [1.29, 1.82) is 0 Å². The summed E-state index contributed by atoms with van der Waals surface area (Å²) >= 11 is 0. The quantitative estimate of drug-likeness (QED) is 0.802. The SMILES string of the molecule is CNc1ccnc(CN2CCCC(O)C2)c1. The molecule has 2 N–H and O–H groups in total. The second-order valence-electron chi connectivity index (χ2n) is 4.32. The minimum absolute atomic E-state index is 0.166. The van der Waals surface area contributed by atoms with E-state index in [1.54, 1.807) is 0 Å². The average Bonchev–Trinajstić information content (AvgIpc) is 2.29. The summed E-state index contributed by atoms with van der Waals surface area (Å²) in [5, 5.41) is 12.7. The lowest BCUT2D eigenvalue weighted by molar-refractivity contribution is 0.0662. The van der Waals surface area contributed by atoms with Crippen LogP contribution in [0.2, 0.25) is 0 Å². The van der Waals surface area contributed by atoms with Gasteiger partial charge in [0.2, 0.25) is 0 Å². The van der Waals surface area contributed by atoms with Crippen LogP contribution in [0, 0.1) is 0 Å². The van der Waals surface area contributed by atoms with Crippen LogP contribution in [0.15, 0.2) is 18.3 Å². The predicted molar refractivity (Wildman–Crippen MR) is 64.3 cm³/mol. The minimum atomic E-state index is -0.166. The first-order valence-electron chi connectivity index (χ1n) is 5.81. The van der Waals surface area contributed by atoms with Gasteiger partial charge in [-0.15, -0.1) is 0 Å². The first-order chi connectivity index (χ1) is 7.78. The number of β-amino-alcohol motifs (C(OH)–C–C–N with tert-alkyl or cyclic N) is 1. The molecule has 1 aromatic heterocycles. The van der Waals surface area contributed by atoms with E-state index in [1.165, 1.54) is 0 Å². The van der Waals surface area contributed by atoms with E-state index in [-0.39, 0.29) is 6.10 Å². The average molecular weight is 221 g/mol. The van der Waals surface area contributed by atoms with Crippen LogP contribution in [-0.4, -0.2) is 41.2 Å². The molecule has 0 aliphatic carbocycles. The van der Waals surface area contributed by atoms with Crippen molar-refractivity contribution in [3.8, 4) is 0 Å². The lowest BCUT2D eigenvalue weighted by atomic mass is 10.1. The van der Waals surface area contributed by atoms with Gasteiger partial charge in [0.15, 0.2) is 0 Å². The molecule has 1 aromatic rings. The van der Waals surface area contributed by atoms with E-state index in [0.29, 0.717) is 0 Å². The number of pyridine rings is 1. The number of piperidine rings is 1. The van der Waals surface area contributed by atoms with Gasteiger partial charge in [0.25, 0.3) is 0 Å². The normalized spacial score (nSPS) is 22.0. The van der Waals surface area contributed by atoms with Crippen molar-refractivity contribution in [2.75, 3.05) is 25.5 Å². The molecule has 4 heteroatoms. The standard InChI is InChI=1S/C12H19N3O/c1-13-10-4-5-14-11(7-10)8-15-6-2-3-12(16)9-15/h4-5,7,12,16H,2-3,6,8-9H2,1H3,(H,13,14). The topological polar surface area (TPSA) is 48.4 Å². The van der Waals surface area contributed by atoms with Crippen LogP contribution in [0.4, 0.5) is 5.69 Å². The lowest BCUT2D eigenvalue weighted by Gasteiger charge is -2.29. The molecular formula is C12H19N3O. The highest BCUT2D eigenvalue weighted by atomic mass is 16.3. The van der Waals surface area contributed by atoms with Gasteiger partial charge in [-0.3, -0.25) is 9.88 Å². The molecule has 4 nitrogen and oxygen atoms in total. The Hall–Kier alpha value is -1.13. The fourth-order valence-corrected chi connectivity index (χ4v) is 2.12. The molecule has 0 spiro atoms. The van der Waals surface area contributed by atoms with Crippen LogP contribution < -0.4 is 5.32 Å². The van der Waals surface area contributed by atoms with Gasteiger partial charge in [-0.2, -0.15) is 0 Å². The number of likely N-dealkylation sites (tertiary alicyclic amines) is 1. The second kappa shape index (κ2) is 5.27. The van der Waals surface area contributed by atoms with E-state index in [0.717, 1.165) is 43.9 Å². The van der Waals surface area contributed by atoms with Crippen molar-refractivity contribution in [3.63, 3.8) is 0 Å². The predicted octanol–water partition coefficient (Wildman–Crippen LogP) is 1.08. The summed E-state index contributed by atoms with van der Waals surface area (Å²) in [6, 6.07) is 4.01. The smallest absolute Gasteiger partial charge is 0.0667 e. The number of hydrogen-bond acceptors (Lipinski definition) is 4. The Balaban J connectivity index is 1.97. The van der Waals surface area contributed by atoms with Crippen molar-refractivity contribution < 1.29 is 5.11 Å². The maximum absolute atomic E-state index is 9.58. The van der Waals surface area contributed by atoms with Crippen LogP contribution in [0.5, 0.6) is 0 Å².